The van der Waals surface area contributed by atoms with E-state index in [0.29, 0.717) is 0 Å². The number of fused-ring (bicyclic) bond motifs is 1. The van der Waals surface area contributed by atoms with E-state index >= 15 is 0 Å². The molecule has 1 aromatic heterocycles. The summed E-state index contributed by atoms with van der Waals surface area (Å²) < 4.78 is 2.17. The van der Waals surface area contributed by atoms with Crippen molar-refractivity contribution in [3.63, 3.8) is 0 Å². The van der Waals surface area contributed by atoms with Gasteiger partial charge < -0.3 is 0 Å². The predicted octanol–water partition coefficient (Wildman–Crippen LogP) is 2.33. The van der Waals surface area contributed by atoms with Crippen LogP contribution in [0.5, 0.6) is 0 Å². The van der Waals surface area contributed by atoms with E-state index in [2.05, 4.69) is 36.6 Å². The summed E-state index contributed by atoms with van der Waals surface area (Å²) in [5.41, 5.74) is 2.61. The summed E-state index contributed by atoms with van der Waals surface area (Å²) in [5.74, 6) is 1.49. The van der Waals surface area contributed by atoms with Gasteiger partial charge in [0.2, 0.25) is 0 Å². The van der Waals surface area contributed by atoms with E-state index in [4.69, 9.17) is 0 Å². The van der Waals surface area contributed by atoms with E-state index in [9.17, 15) is 0 Å². The maximum absolute atomic E-state index is 4.44. The van der Waals surface area contributed by atoms with Gasteiger partial charge in [-0.2, -0.15) is 5.10 Å². The van der Waals surface area contributed by atoms with Crippen molar-refractivity contribution in [1.82, 2.24) is 9.78 Å². The van der Waals surface area contributed by atoms with Gasteiger partial charge in [-0.3, -0.25) is 4.68 Å². The Morgan fingerprint density at radius 1 is 1.58 bits per heavy atom. The molecular formula is C10H16N2. The lowest BCUT2D eigenvalue weighted by Crippen LogP contribution is -2.01. The van der Waals surface area contributed by atoms with Gasteiger partial charge in [-0.05, 0) is 25.3 Å². The number of hydrogen-bond acceptors (Lipinski definition) is 1. The Morgan fingerprint density at radius 2 is 2.33 bits per heavy atom. The van der Waals surface area contributed by atoms with Crippen molar-refractivity contribution in [2.75, 3.05) is 0 Å². The van der Waals surface area contributed by atoms with Crippen LogP contribution < -0.4 is 0 Å². The molecule has 1 aliphatic heterocycles. The van der Waals surface area contributed by atoms with E-state index in [1.807, 2.05) is 0 Å². The van der Waals surface area contributed by atoms with Gasteiger partial charge >= 0.3 is 0 Å². The molecule has 0 saturated heterocycles. The number of hydrogen-bond donors (Lipinski definition) is 0. The van der Waals surface area contributed by atoms with E-state index in [1.54, 1.807) is 0 Å². The summed E-state index contributed by atoms with van der Waals surface area (Å²) in [7, 11) is 0. The van der Waals surface area contributed by atoms with Crippen LogP contribution in [0, 0.1) is 12.8 Å². The van der Waals surface area contributed by atoms with Crippen LogP contribution >= 0.6 is 0 Å². The summed E-state index contributed by atoms with van der Waals surface area (Å²) in [5, 5.41) is 4.44. The Labute approximate surface area is 73.6 Å². The molecule has 2 heteroatoms. The normalized spacial score (nSPS) is 21.8. The zero-order valence-electron chi connectivity index (χ0n) is 8.04. The van der Waals surface area contributed by atoms with Crippen LogP contribution in [0.4, 0.5) is 0 Å². The second kappa shape index (κ2) is 2.61. The number of rotatable bonds is 1. The lowest BCUT2D eigenvalue weighted by atomic mass is 9.92. The maximum Gasteiger partial charge on any atom is 0.0596 e. The van der Waals surface area contributed by atoms with E-state index in [1.165, 1.54) is 12.1 Å². The smallest absolute Gasteiger partial charge is 0.0596 e. The fourth-order valence-corrected chi connectivity index (χ4v) is 2.13. The number of aryl methyl sites for hydroxylation is 2. The molecule has 0 bridgehead atoms. The molecule has 0 aliphatic carbocycles. The zero-order valence-corrected chi connectivity index (χ0v) is 8.04. The molecule has 1 unspecified atom stereocenters. The van der Waals surface area contributed by atoms with E-state index in [-0.39, 0.29) is 0 Å². The highest BCUT2D eigenvalue weighted by molar-refractivity contribution is 5.17. The summed E-state index contributed by atoms with van der Waals surface area (Å²) in [6, 6.07) is 2.23. The first-order valence-electron chi connectivity index (χ1n) is 4.73. The fourth-order valence-electron chi connectivity index (χ4n) is 2.13. The van der Waals surface area contributed by atoms with Crippen LogP contribution in [0.15, 0.2) is 6.07 Å². The first kappa shape index (κ1) is 7.84. The van der Waals surface area contributed by atoms with Gasteiger partial charge in [0.25, 0.3) is 0 Å². The molecule has 12 heavy (non-hydrogen) atoms. The van der Waals surface area contributed by atoms with Gasteiger partial charge in [-0.25, -0.2) is 0 Å². The molecule has 2 nitrogen and oxygen atoms in total. The second-order valence-electron chi connectivity index (χ2n) is 4.07. The standard InChI is InChI=1S/C10H16N2/c1-7(2)9-4-5-12-10(9)6-8(3)11-12/h6-7,9H,4-5H2,1-3H3. The first-order chi connectivity index (χ1) is 5.68. The Morgan fingerprint density at radius 3 is 3.00 bits per heavy atom. The first-order valence-corrected chi connectivity index (χ1v) is 4.73. The van der Waals surface area contributed by atoms with Crippen molar-refractivity contribution >= 4 is 0 Å². The van der Waals surface area contributed by atoms with Gasteiger partial charge in [0.15, 0.2) is 0 Å². The molecular weight excluding hydrogens is 148 g/mol. The Kier molecular flexibility index (Phi) is 1.71. The number of nitrogens with zero attached hydrogens (tertiary/aromatic N) is 2. The molecule has 1 aromatic rings. The molecule has 0 aromatic carbocycles. The van der Waals surface area contributed by atoms with Crippen molar-refractivity contribution in [2.24, 2.45) is 5.92 Å². The molecule has 0 saturated carbocycles. The zero-order chi connectivity index (χ0) is 8.72. The van der Waals surface area contributed by atoms with E-state index < -0.39 is 0 Å². The minimum atomic E-state index is 0.742. The van der Waals surface area contributed by atoms with Gasteiger partial charge in [-0.1, -0.05) is 13.8 Å². The van der Waals surface area contributed by atoms with Crippen LogP contribution in [0.3, 0.4) is 0 Å². The SMILES string of the molecule is Cc1cc2n(n1)CCC2C(C)C. The molecule has 1 aliphatic rings. The molecule has 66 valence electrons. The number of aromatic nitrogens is 2. The van der Waals surface area contributed by atoms with Crippen LogP contribution in [-0.2, 0) is 6.54 Å². The van der Waals surface area contributed by atoms with Crippen LogP contribution in [0.25, 0.3) is 0 Å². The molecule has 0 N–H and O–H groups in total. The van der Waals surface area contributed by atoms with Gasteiger partial charge in [0, 0.05) is 18.2 Å². The molecule has 2 heterocycles. The quantitative estimate of drug-likeness (QED) is 0.623. The summed E-state index contributed by atoms with van der Waals surface area (Å²) in [6.07, 6.45) is 1.28. The highest BCUT2D eigenvalue weighted by Gasteiger charge is 2.26. The minimum Gasteiger partial charge on any atom is -0.269 e. The van der Waals surface area contributed by atoms with Crippen molar-refractivity contribution < 1.29 is 0 Å². The highest BCUT2D eigenvalue weighted by atomic mass is 15.3. The molecule has 0 amide bonds. The molecule has 0 fully saturated rings. The fraction of sp³-hybridized carbons (Fsp3) is 0.700. The predicted molar refractivity (Wildman–Crippen MR) is 49.2 cm³/mol. The van der Waals surface area contributed by atoms with Crippen molar-refractivity contribution in [3.8, 4) is 0 Å². The van der Waals surface area contributed by atoms with E-state index in [0.717, 1.165) is 24.1 Å². The van der Waals surface area contributed by atoms with Crippen LogP contribution in [-0.4, -0.2) is 9.78 Å². The summed E-state index contributed by atoms with van der Waals surface area (Å²) in [4.78, 5) is 0. The highest BCUT2D eigenvalue weighted by Crippen LogP contribution is 2.33. The summed E-state index contributed by atoms with van der Waals surface area (Å²) >= 11 is 0. The Balaban J connectivity index is 2.34. The van der Waals surface area contributed by atoms with Crippen molar-refractivity contribution in [1.29, 1.82) is 0 Å². The largest absolute Gasteiger partial charge is 0.269 e. The summed E-state index contributed by atoms with van der Waals surface area (Å²) in [6.45, 7) is 7.78. The van der Waals surface area contributed by atoms with Crippen molar-refractivity contribution in [2.45, 2.75) is 39.7 Å². The topological polar surface area (TPSA) is 17.8 Å². The maximum atomic E-state index is 4.44. The Hall–Kier alpha value is -0.790. The molecule has 0 spiro atoms. The third-order valence-electron chi connectivity index (χ3n) is 2.77. The average Bonchev–Trinajstić information content (AvgIpc) is 2.43. The van der Waals surface area contributed by atoms with Gasteiger partial charge in [0.1, 0.15) is 0 Å². The molecule has 1 atom stereocenters. The van der Waals surface area contributed by atoms with Gasteiger partial charge in [-0.15, -0.1) is 0 Å². The Bertz CT molecular complexity index is 286. The van der Waals surface area contributed by atoms with Crippen molar-refractivity contribution in [3.05, 3.63) is 17.5 Å². The average molecular weight is 164 g/mol. The van der Waals surface area contributed by atoms with Gasteiger partial charge in [0.05, 0.1) is 5.69 Å². The second-order valence-corrected chi connectivity index (χ2v) is 4.07. The molecule has 0 radical (unpaired) electrons. The third-order valence-corrected chi connectivity index (χ3v) is 2.77. The van der Waals surface area contributed by atoms with Crippen LogP contribution in [0.2, 0.25) is 0 Å². The third kappa shape index (κ3) is 1.06. The molecule has 2 rings (SSSR count). The van der Waals surface area contributed by atoms with Crippen LogP contribution in [0.1, 0.15) is 37.6 Å². The lowest BCUT2D eigenvalue weighted by molar-refractivity contribution is 0.493. The lowest BCUT2D eigenvalue weighted by Gasteiger charge is -2.12. The minimum absolute atomic E-state index is 0.742. The monoisotopic (exact) mass is 164 g/mol.